The Balaban J connectivity index is 3.27. The normalized spacial score (nSPS) is 10.8. The second-order valence-electron chi connectivity index (χ2n) is 2.98. The highest BCUT2D eigenvalue weighted by Gasteiger charge is 2.20. The largest absolute Gasteiger partial charge is 0.481 e. The van der Waals surface area contributed by atoms with Crippen LogP contribution >= 0.6 is 27.5 Å². The number of alkyl halides is 3. The van der Waals surface area contributed by atoms with E-state index >= 15 is 0 Å². The third-order valence-corrected chi connectivity index (χ3v) is 2.75. The lowest BCUT2D eigenvalue weighted by molar-refractivity contribution is -0.136. The zero-order chi connectivity index (χ0) is 12.3. The number of rotatable bonds is 4. The molecular formula is C9H7BrClF2NO2. The van der Waals surface area contributed by atoms with Crippen LogP contribution in [0, 0.1) is 0 Å². The minimum absolute atomic E-state index is 0.131. The molecule has 0 fully saturated rings. The van der Waals surface area contributed by atoms with Gasteiger partial charge >= 0.3 is 5.97 Å². The van der Waals surface area contributed by atoms with Crippen molar-refractivity contribution in [3.05, 3.63) is 28.0 Å². The Morgan fingerprint density at radius 1 is 1.62 bits per heavy atom. The molecule has 0 aromatic carbocycles. The second kappa shape index (κ2) is 5.54. The monoisotopic (exact) mass is 313 g/mol. The van der Waals surface area contributed by atoms with Crippen molar-refractivity contribution in [1.29, 1.82) is 0 Å². The van der Waals surface area contributed by atoms with Gasteiger partial charge < -0.3 is 5.11 Å². The highest BCUT2D eigenvalue weighted by Crippen LogP contribution is 2.29. The lowest BCUT2D eigenvalue weighted by Gasteiger charge is -2.10. The van der Waals surface area contributed by atoms with E-state index < -0.39 is 18.8 Å². The number of carboxylic acids is 1. The molecule has 0 radical (unpaired) electrons. The van der Waals surface area contributed by atoms with Gasteiger partial charge in [-0.3, -0.25) is 4.79 Å². The van der Waals surface area contributed by atoms with Gasteiger partial charge in [0.05, 0.1) is 12.1 Å². The lowest BCUT2D eigenvalue weighted by Crippen LogP contribution is -2.07. The maximum atomic E-state index is 12.7. The summed E-state index contributed by atoms with van der Waals surface area (Å²) in [5.74, 6) is -1.22. The summed E-state index contributed by atoms with van der Waals surface area (Å²) in [5.41, 5.74) is -0.167. The van der Waals surface area contributed by atoms with E-state index in [2.05, 4.69) is 20.9 Å². The first-order chi connectivity index (χ1) is 7.45. The fourth-order valence-electron chi connectivity index (χ4n) is 1.20. The van der Waals surface area contributed by atoms with Crippen LogP contribution in [-0.4, -0.2) is 16.1 Å². The molecule has 1 heterocycles. The quantitative estimate of drug-likeness (QED) is 0.686. The van der Waals surface area contributed by atoms with Crippen LogP contribution in [0.1, 0.15) is 23.2 Å². The van der Waals surface area contributed by atoms with E-state index in [4.69, 9.17) is 16.7 Å². The van der Waals surface area contributed by atoms with Crippen molar-refractivity contribution < 1.29 is 18.7 Å². The molecule has 1 rings (SSSR count). The number of carbonyl (C=O) groups is 1. The van der Waals surface area contributed by atoms with E-state index in [-0.39, 0.29) is 21.6 Å². The Morgan fingerprint density at radius 3 is 2.69 bits per heavy atom. The van der Waals surface area contributed by atoms with Gasteiger partial charge in [-0.2, -0.15) is 0 Å². The summed E-state index contributed by atoms with van der Waals surface area (Å²) in [6, 6.07) is 1.16. The first-order valence-electron chi connectivity index (χ1n) is 4.19. The first-order valence-corrected chi connectivity index (χ1v) is 5.69. The Bertz CT molecular complexity index is 415. The Labute approximate surface area is 104 Å². The predicted octanol–water partition coefficient (Wildman–Crippen LogP) is 3.19. The molecule has 0 amide bonds. The smallest absolute Gasteiger partial charge is 0.307 e. The number of pyridine rings is 1. The third-order valence-electron chi connectivity index (χ3n) is 1.86. The molecule has 0 saturated heterocycles. The molecule has 0 unspecified atom stereocenters. The molecule has 7 heteroatoms. The minimum atomic E-state index is -2.77. The fourth-order valence-corrected chi connectivity index (χ4v) is 1.77. The Kier molecular flexibility index (Phi) is 4.61. The number of hydrogen-bond donors (Lipinski definition) is 1. The molecule has 0 saturated carbocycles. The summed E-state index contributed by atoms with van der Waals surface area (Å²) < 4.78 is 25.4. The molecule has 0 atom stereocenters. The molecule has 1 N–H and O–H groups in total. The molecule has 1 aromatic heterocycles. The molecule has 0 aliphatic carbocycles. The third kappa shape index (κ3) is 3.12. The highest BCUT2D eigenvalue weighted by atomic mass is 79.9. The maximum Gasteiger partial charge on any atom is 0.307 e. The van der Waals surface area contributed by atoms with Gasteiger partial charge in [0.2, 0.25) is 0 Å². The minimum Gasteiger partial charge on any atom is -0.481 e. The van der Waals surface area contributed by atoms with Crippen LogP contribution < -0.4 is 0 Å². The maximum absolute atomic E-state index is 12.7. The van der Waals surface area contributed by atoms with Crippen molar-refractivity contribution in [2.24, 2.45) is 0 Å². The molecule has 0 spiro atoms. The van der Waals surface area contributed by atoms with E-state index in [1.54, 1.807) is 0 Å². The first kappa shape index (κ1) is 13.3. The zero-order valence-electron chi connectivity index (χ0n) is 7.88. The van der Waals surface area contributed by atoms with Crippen LogP contribution in [0.15, 0.2) is 6.07 Å². The Hall–Kier alpha value is -0.750. The van der Waals surface area contributed by atoms with Gasteiger partial charge in [-0.15, -0.1) is 0 Å². The van der Waals surface area contributed by atoms with E-state index in [1.807, 2.05) is 0 Å². The summed E-state index contributed by atoms with van der Waals surface area (Å²) in [4.78, 5) is 14.3. The van der Waals surface area contributed by atoms with Crippen LogP contribution in [0.2, 0.25) is 5.15 Å². The van der Waals surface area contributed by atoms with Gasteiger partial charge in [0.15, 0.2) is 0 Å². The van der Waals surface area contributed by atoms with E-state index in [0.717, 1.165) is 6.07 Å². The van der Waals surface area contributed by atoms with Crippen molar-refractivity contribution in [3.63, 3.8) is 0 Å². The number of hydrogen-bond acceptors (Lipinski definition) is 2. The van der Waals surface area contributed by atoms with Crippen molar-refractivity contribution >= 4 is 33.5 Å². The second-order valence-corrected chi connectivity index (χ2v) is 3.90. The van der Waals surface area contributed by atoms with E-state index in [0.29, 0.717) is 5.69 Å². The molecule has 88 valence electrons. The fraction of sp³-hybridized carbons (Fsp3) is 0.333. The summed E-state index contributed by atoms with van der Waals surface area (Å²) in [6.45, 7) is 0. The molecule has 1 aromatic rings. The van der Waals surface area contributed by atoms with Crippen LogP contribution in [0.4, 0.5) is 8.78 Å². The molecule has 0 aliphatic heterocycles. The molecular weight excluding hydrogens is 307 g/mol. The van der Waals surface area contributed by atoms with E-state index in [9.17, 15) is 13.6 Å². The highest BCUT2D eigenvalue weighted by molar-refractivity contribution is 9.08. The molecule has 3 nitrogen and oxygen atoms in total. The predicted molar refractivity (Wildman–Crippen MR) is 58.2 cm³/mol. The molecule has 16 heavy (non-hydrogen) atoms. The average molecular weight is 315 g/mol. The van der Waals surface area contributed by atoms with Gasteiger partial charge in [0, 0.05) is 16.5 Å². The van der Waals surface area contributed by atoms with Gasteiger partial charge in [-0.1, -0.05) is 27.5 Å². The SMILES string of the molecule is O=C(O)Cc1c(C(F)F)cc(CBr)nc1Cl. The van der Waals surface area contributed by atoms with Gasteiger partial charge in [-0.25, -0.2) is 13.8 Å². The van der Waals surface area contributed by atoms with Gasteiger partial charge in [0.1, 0.15) is 5.15 Å². The lowest BCUT2D eigenvalue weighted by atomic mass is 10.1. The standard InChI is InChI=1S/C9H7BrClF2NO2/c10-3-4-1-6(9(12)13)5(2-7(15)16)8(11)14-4/h1,9H,2-3H2,(H,15,16). The van der Waals surface area contributed by atoms with Crippen LogP contribution in [0.25, 0.3) is 0 Å². The van der Waals surface area contributed by atoms with Crippen molar-refractivity contribution in [3.8, 4) is 0 Å². The average Bonchev–Trinajstić information content (AvgIpc) is 2.19. The number of aromatic nitrogens is 1. The van der Waals surface area contributed by atoms with Crippen LogP contribution in [0.5, 0.6) is 0 Å². The van der Waals surface area contributed by atoms with Crippen molar-refractivity contribution in [1.82, 2.24) is 4.98 Å². The van der Waals surface area contributed by atoms with Crippen molar-refractivity contribution in [2.75, 3.05) is 0 Å². The summed E-state index contributed by atoms with van der Waals surface area (Å²) >= 11 is 8.74. The summed E-state index contributed by atoms with van der Waals surface area (Å²) in [7, 11) is 0. The number of carboxylic acid groups (broad SMARTS) is 1. The topological polar surface area (TPSA) is 50.2 Å². The number of nitrogens with zero attached hydrogens (tertiary/aromatic N) is 1. The van der Waals surface area contributed by atoms with Gasteiger partial charge in [-0.05, 0) is 6.07 Å². The van der Waals surface area contributed by atoms with E-state index in [1.165, 1.54) is 0 Å². The number of halogens is 4. The Morgan fingerprint density at radius 2 is 2.25 bits per heavy atom. The van der Waals surface area contributed by atoms with Crippen LogP contribution in [0.3, 0.4) is 0 Å². The zero-order valence-corrected chi connectivity index (χ0v) is 10.2. The van der Waals surface area contributed by atoms with Crippen LogP contribution in [-0.2, 0) is 16.5 Å². The summed E-state index contributed by atoms with van der Waals surface area (Å²) in [5, 5.41) is 8.68. The molecule has 0 aliphatic rings. The van der Waals surface area contributed by atoms with Crippen molar-refractivity contribution in [2.45, 2.75) is 18.2 Å². The molecule has 0 bridgehead atoms. The summed E-state index contributed by atoms with van der Waals surface area (Å²) in [6.07, 6.45) is -3.33. The van der Waals surface area contributed by atoms with Gasteiger partial charge in [0.25, 0.3) is 6.43 Å². The number of aliphatic carboxylic acids is 1.